The molecule has 23 heteroatoms. The maximum absolute atomic E-state index is 13.6. The Kier molecular flexibility index (Phi) is 29.0. The predicted molar refractivity (Wildman–Crippen MR) is 392 cm³/mol. The van der Waals surface area contributed by atoms with Gasteiger partial charge in [-0.25, -0.2) is 26.4 Å². The van der Waals surface area contributed by atoms with E-state index < -0.39 is 19.9 Å². The van der Waals surface area contributed by atoms with E-state index in [2.05, 4.69) is 92.9 Å². The first-order chi connectivity index (χ1) is 46.9. The highest BCUT2D eigenvalue weighted by Gasteiger charge is 2.43. The number of nitrogens with one attached hydrogen (secondary N) is 3. The quantitative estimate of drug-likeness (QED) is 0.0390. The third kappa shape index (κ3) is 21.3. The minimum Gasteiger partial charge on any atom is -0.484 e. The van der Waals surface area contributed by atoms with Gasteiger partial charge in [-0.1, -0.05) is 36.5 Å². The molecule has 2 amide bonds. The third-order valence-electron chi connectivity index (χ3n) is 21.0. The van der Waals surface area contributed by atoms with E-state index in [0.717, 1.165) is 137 Å². The lowest BCUT2D eigenvalue weighted by Gasteiger charge is -2.41. The second-order valence-electron chi connectivity index (χ2n) is 28.8. The highest BCUT2D eigenvalue weighted by molar-refractivity contribution is 7.91. The molecule has 0 bridgehead atoms. The third-order valence-corrected chi connectivity index (χ3v) is 24.9. The Bertz CT molecular complexity index is 3530. The number of carbonyl (C=O) groups is 2. The average Bonchev–Trinajstić information content (AvgIpc) is 1.62. The number of ketones is 1. The lowest BCUT2D eigenvalue weighted by Crippen LogP contribution is -2.51. The van der Waals surface area contributed by atoms with Crippen molar-refractivity contribution in [3.63, 3.8) is 0 Å². The molecule has 4 aromatic carbocycles. The normalized spacial score (nSPS) is 23.2. The van der Waals surface area contributed by atoms with Crippen LogP contribution in [0, 0.1) is 33.6 Å². The molecule has 98 heavy (non-hydrogen) atoms. The SMILES string of the molecule is CCCC(=O)CCCCCNC(=O)NCCOCCN1CC[C@H](NS(=O)(=O)c2ccc(O[C@H]3c4cc(Cl)cc(C)c4C[C@@H]3N3CCC[C@@H](N(C)C)C3)c(C)c2)C1.CCOCCN1CC[C@H](CS(=O)(=O)c2ccc(O[C@H]3c4cc(Cl)cc(C)c4C[C@@H]3N3CCC[C@@H](N(C)C)C3)c(C)c2)C1. The Labute approximate surface area is 596 Å². The molecule has 0 saturated carbocycles. The minimum absolute atomic E-state index is 0.145. The number of urea groups is 1. The number of carbonyl (C=O) groups excluding carboxylic acids is 2. The summed E-state index contributed by atoms with van der Waals surface area (Å²) in [6, 6.07) is 19.7. The lowest BCUT2D eigenvalue weighted by molar-refractivity contribution is -0.119. The van der Waals surface area contributed by atoms with Crippen LogP contribution in [-0.4, -0.2) is 227 Å². The smallest absolute Gasteiger partial charge is 0.314 e. The second-order valence-corrected chi connectivity index (χ2v) is 33.4. The number of aryl methyl sites for hydroxylation is 4. The van der Waals surface area contributed by atoms with Gasteiger partial charge >= 0.3 is 6.03 Å². The summed E-state index contributed by atoms with van der Waals surface area (Å²) in [5, 5.41) is 7.08. The highest BCUT2D eigenvalue weighted by atomic mass is 35.5. The number of hydrogen-bond donors (Lipinski definition) is 3. The van der Waals surface area contributed by atoms with Crippen molar-refractivity contribution in [2.75, 3.05) is 139 Å². The number of piperidine rings is 2. The predicted octanol–water partition coefficient (Wildman–Crippen LogP) is 10.8. The molecule has 6 aliphatic rings. The first kappa shape index (κ1) is 77.7. The number of amides is 2. The van der Waals surface area contributed by atoms with Crippen molar-refractivity contribution in [2.45, 2.75) is 184 Å². The number of sulfone groups is 1. The largest absolute Gasteiger partial charge is 0.484 e. The molecule has 4 aromatic rings. The molecule has 0 aromatic heterocycles. The number of nitrogens with zero attached hydrogens (tertiary/aromatic N) is 6. The standard InChI is InChI=1S/C42H65ClN6O6S.C33H48ClN3O4S/c1-6-11-35(50)13-8-7-9-17-44-42(51)45-18-22-54-23-21-48-20-16-33(28-48)46-56(52,53)36-14-15-40(31(3)25-36)55-41-38-26-32(43)24-30(2)37(38)27-39(41)49-19-10-12-34(29-49)47(4)5;1-6-40-15-14-36-13-11-25(20-36)22-42(38,39)28-9-10-32(24(3)17-28)41-33-30-18-26(34)16-23(2)29(30)19-31(33)37-12-7-8-27(21-37)35(4)5/h14-15,24-26,33-34,39,41,46H,6-13,16-23,27-29H2,1-5H3,(H2,44,45,51);9-10,16-18,25,27,31,33H,6-8,11-15,19-22H2,1-5H3/t33-,34+,39-,41-;25-,27+,31-,33-/m00/s1. The van der Waals surface area contributed by atoms with Crippen molar-refractivity contribution in [2.24, 2.45) is 5.92 Å². The molecule has 0 radical (unpaired) electrons. The molecule has 0 spiro atoms. The van der Waals surface area contributed by atoms with Crippen LogP contribution in [0.1, 0.15) is 148 Å². The topological polar surface area (TPSA) is 195 Å². The van der Waals surface area contributed by atoms with E-state index in [4.69, 9.17) is 42.1 Å². The van der Waals surface area contributed by atoms with Gasteiger partial charge in [0, 0.05) is 100.0 Å². The Morgan fingerprint density at radius 1 is 0.582 bits per heavy atom. The summed E-state index contributed by atoms with van der Waals surface area (Å²) in [6.07, 6.45) is 12.6. The molecule has 19 nitrogen and oxygen atoms in total. The highest BCUT2D eigenvalue weighted by Crippen LogP contribution is 2.45. The van der Waals surface area contributed by atoms with E-state index in [1.165, 1.54) is 41.5 Å². The van der Waals surface area contributed by atoms with Gasteiger partial charge in [0.05, 0.1) is 47.4 Å². The summed E-state index contributed by atoms with van der Waals surface area (Å²) < 4.78 is 81.8. The number of fused-ring (bicyclic) bond motifs is 2. The summed E-state index contributed by atoms with van der Waals surface area (Å²) in [5.74, 6) is 2.05. The fourth-order valence-electron chi connectivity index (χ4n) is 15.4. The van der Waals surface area contributed by atoms with Crippen molar-refractivity contribution in [1.29, 1.82) is 0 Å². The number of halogens is 2. The van der Waals surface area contributed by atoms with E-state index in [1.807, 2.05) is 52.0 Å². The van der Waals surface area contributed by atoms with Gasteiger partial charge in [-0.15, -0.1) is 0 Å². The molecule has 3 N–H and O–H groups in total. The number of ether oxygens (including phenoxy) is 4. The molecule has 4 saturated heterocycles. The van der Waals surface area contributed by atoms with Crippen molar-refractivity contribution in [3.8, 4) is 11.5 Å². The molecule has 4 fully saturated rings. The van der Waals surface area contributed by atoms with Crippen molar-refractivity contribution < 1.29 is 45.4 Å². The fraction of sp³-hybridized carbons (Fsp3) is 0.653. The Morgan fingerprint density at radius 2 is 1.12 bits per heavy atom. The summed E-state index contributed by atoms with van der Waals surface area (Å²) in [6.45, 7) is 24.1. The molecule has 544 valence electrons. The Balaban J connectivity index is 0.000000238. The molecule has 0 unspecified atom stereocenters. The molecule has 10 rings (SSSR count). The molecule has 4 aliphatic heterocycles. The van der Waals surface area contributed by atoms with Crippen LogP contribution in [0.25, 0.3) is 0 Å². The number of sulfonamides is 1. The number of benzene rings is 4. The first-order valence-electron chi connectivity index (χ1n) is 36.2. The summed E-state index contributed by atoms with van der Waals surface area (Å²) >= 11 is 13.1. The van der Waals surface area contributed by atoms with Crippen LogP contribution < -0.4 is 24.8 Å². The minimum atomic E-state index is -3.75. The summed E-state index contributed by atoms with van der Waals surface area (Å²) in [7, 11) is 1.49. The average molecular weight is 1440 g/mol. The fourth-order valence-corrected chi connectivity index (χ4v) is 19.1. The van der Waals surface area contributed by atoms with E-state index in [1.54, 1.807) is 30.3 Å². The molecular formula is C75H113Cl2N9O10S2. The lowest BCUT2D eigenvalue weighted by atomic mass is 10.0. The number of likely N-dealkylation sites (tertiary alicyclic amines) is 4. The van der Waals surface area contributed by atoms with E-state index in [9.17, 15) is 26.4 Å². The molecule has 4 heterocycles. The van der Waals surface area contributed by atoms with Crippen molar-refractivity contribution in [3.05, 3.63) is 115 Å². The zero-order valence-corrected chi connectivity index (χ0v) is 63.3. The van der Waals surface area contributed by atoms with Gasteiger partial charge in [0.15, 0.2) is 9.84 Å². The van der Waals surface area contributed by atoms with Crippen LogP contribution in [0.3, 0.4) is 0 Å². The summed E-state index contributed by atoms with van der Waals surface area (Å²) in [5.41, 5.74) is 8.89. The number of rotatable bonds is 32. The monoisotopic (exact) mass is 1430 g/mol. The number of unbranched alkanes of at least 4 members (excludes halogenated alkanes) is 2. The van der Waals surface area contributed by atoms with Gasteiger partial charge in [0.1, 0.15) is 29.5 Å². The van der Waals surface area contributed by atoms with Gasteiger partial charge in [-0.2, -0.15) is 0 Å². The van der Waals surface area contributed by atoms with Crippen molar-refractivity contribution in [1.82, 2.24) is 44.8 Å². The number of likely N-dealkylation sites (N-methyl/N-ethyl adjacent to an activating group) is 2. The van der Waals surface area contributed by atoms with Gasteiger partial charge in [-0.3, -0.25) is 19.5 Å². The maximum Gasteiger partial charge on any atom is 0.314 e. The van der Waals surface area contributed by atoms with Crippen LogP contribution in [0.2, 0.25) is 10.0 Å². The maximum atomic E-state index is 13.6. The molecular weight excluding hydrogens is 1320 g/mol. The van der Waals surface area contributed by atoms with Crippen LogP contribution in [0.15, 0.2) is 70.5 Å². The van der Waals surface area contributed by atoms with E-state index >= 15 is 0 Å². The Hall–Kier alpha value is -4.46. The summed E-state index contributed by atoms with van der Waals surface area (Å²) in [4.78, 5) is 38.5. The Morgan fingerprint density at radius 3 is 1.68 bits per heavy atom. The van der Waals surface area contributed by atoms with Gasteiger partial charge < -0.3 is 44.3 Å². The van der Waals surface area contributed by atoms with Crippen LogP contribution in [0.4, 0.5) is 4.79 Å². The molecule has 2 aliphatic carbocycles. The molecule has 8 atom stereocenters. The van der Waals surface area contributed by atoms with Crippen LogP contribution in [0.5, 0.6) is 11.5 Å². The zero-order valence-electron chi connectivity index (χ0n) is 60.2. The van der Waals surface area contributed by atoms with Gasteiger partial charge in [-0.05, 0) is 271 Å². The van der Waals surface area contributed by atoms with Crippen molar-refractivity contribution >= 4 is 54.9 Å². The van der Waals surface area contributed by atoms with Crippen LogP contribution in [-0.2, 0) is 47.0 Å². The van der Waals surface area contributed by atoms with E-state index in [0.29, 0.717) is 105 Å². The van der Waals surface area contributed by atoms with E-state index in [-0.39, 0.29) is 52.9 Å². The van der Waals surface area contributed by atoms with Gasteiger partial charge in [0.2, 0.25) is 10.0 Å². The van der Waals surface area contributed by atoms with Crippen LogP contribution >= 0.6 is 23.2 Å². The number of hydrogen-bond acceptors (Lipinski definition) is 16. The first-order valence-corrected chi connectivity index (χ1v) is 40.1. The second kappa shape index (κ2) is 36.6. The number of Topliss-reactive ketones (excluding diaryl/α,β-unsaturated/α-hetero) is 1. The zero-order chi connectivity index (χ0) is 70.3. The van der Waals surface area contributed by atoms with Gasteiger partial charge in [0.25, 0.3) is 0 Å².